The highest BCUT2D eigenvalue weighted by atomic mass is 79.9. The molecule has 21 heavy (non-hydrogen) atoms. The predicted molar refractivity (Wildman–Crippen MR) is 86.5 cm³/mol. The zero-order valence-electron chi connectivity index (χ0n) is 13.0. The normalized spacial score (nSPS) is 11.1. The van der Waals surface area contributed by atoms with Gasteiger partial charge in [0.1, 0.15) is 21.8 Å². The van der Waals surface area contributed by atoms with Crippen LogP contribution in [-0.2, 0) is 11.2 Å². The van der Waals surface area contributed by atoms with E-state index in [0.29, 0.717) is 13.1 Å². The van der Waals surface area contributed by atoms with Gasteiger partial charge in [-0.05, 0) is 43.1 Å². The van der Waals surface area contributed by atoms with Crippen LogP contribution in [0.2, 0.25) is 0 Å². The summed E-state index contributed by atoms with van der Waals surface area (Å²) in [6.07, 6.45) is 1.42. The maximum Gasteiger partial charge on any atom is 0.407 e. The lowest BCUT2D eigenvalue weighted by Crippen LogP contribution is -2.35. The van der Waals surface area contributed by atoms with Gasteiger partial charge in [-0.2, -0.15) is 0 Å². The van der Waals surface area contributed by atoms with Gasteiger partial charge < -0.3 is 15.4 Å². The van der Waals surface area contributed by atoms with E-state index in [1.165, 1.54) is 0 Å². The van der Waals surface area contributed by atoms with Crippen LogP contribution < -0.4 is 10.6 Å². The van der Waals surface area contributed by atoms with Crippen LogP contribution in [0.15, 0.2) is 10.7 Å². The number of amides is 1. The quantitative estimate of drug-likeness (QED) is 0.603. The smallest absolute Gasteiger partial charge is 0.407 e. The lowest BCUT2D eigenvalue weighted by atomic mass is 10.2. The molecule has 1 amide bonds. The molecule has 0 bridgehead atoms. The highest BCUT2D eigenvalue weighted by molar-refractivity contribution is 9.10. The minimum atomic E-state index is -0.482. The molecule has 1 heterocycles. The summed E-state index contributed by atoms with van der Waals surface area (Å²) in [5.41, 5.74) is -0.482. The molecule has 118 valence electrons. The first-order chi connectivity index (χ1) is 9.80. The van der Waals surface area contributed by atoms with Crippen LogP contribution >= 0.6 is 15.9 Å². The summed E-state index contributed by atoms with van der Waals surface area (Å²) in [4.78, 5) is 20.2. The van der Waals surface area contributed by atoms with Crippen molar-refractivity contribution in [1.82, 2.24) is 15.3 Å². The lowest BCUT2D eigenvalue weighted by molar-refractivity contribution is 0.0530. The molecule has 2 N–H and O–H groups in total. The van der Waals surface area contributed by atoms with E-state index in [4.69, 9.17) is 4.74 Å². The Balaban J connectivity index is 2.37. The van der Waals surface area contributed by atoms with E-state index in [0.717, 1.165) is 29.1 Å². The van der Waals surface area contributed by atoms with Gasteiger partial charge in [-0.25, -0.2) is 14.8 Å². The highest BCUT2D eigenvalue weighted by Crippen LogP contribution is 2.13. The van der Waals surface area contributed by atoms with Crippen molar-refractivity contribution in [1.29, 1.82) is 0 Å². The van der Waals surface area contributed by atoms with E-state index >= 15 is 0 Å². The Morgan fingerprint density at radius 3 is 2.67 bits per heavy atom. The molecule has 0 aliphatic carbocycles. The molecule has 0 saturated carbocycles. The Labute approximate surface area is 134 Å². The van der Waals surface area contributed by atoms with Crippen molar-refractivity contribution in [2.24, 2.45) is 0 Å². The second-order valence-electron chi connectivity index (χ2n) is 5.60. The van der Waals surface area contributed by atoms with Crippen molar-refractivity contribution in [3.63, 3.8) is 0 Å². The maximum atomic E-state index is 11.5. The Morgan fingerprint density at radius 1 is 1.33 bits per heavy atom. The first kappa shape index (κ1) is 17.7. The molecule has 7 heteroatoms. The largest absolute Gasteiger partial charge is 0.444 e. The molecule has 0 saturated heterocycles. The molecular weight excluding hydrogens is 336 g/mol. The summed E-state index contributed by atoms with van der Waals surface area (Å²) in [5.74, 6) is 1.54. The van der Waals surface area contributed by atoms with Crippen molar-refractivity contribution >= 4 is 27.8 Å². The molecule has 0 aromatic carbocycles. The molecule has 0 atom stereocenters. The number of ether oxygens (including phenoxy) is 1. The number of nitrogens with zero attached hydrogens (tertiary/aromatic N) is 2. The number of nitrogens with one attached hydrogen (secondary N) is 2. The van der Waals surface area contributed by atoms with E-state index in [1.54, 1.807) is 0 Å². The molecule has 0 spiro atoms. The zero-order valence-corrected chi connectivity index (χ0v) is 14.6. The van der Waals surface area contributed by atoms with Crippen LogP contribution in [0.3, 0.4) is 0 Å². The first-order valence-electron chi connectivity index (χ1n) is 7.04. The first-order valence-corrected chi connectivity index (χ1v) is 7.83. The SMILES string of the molecule is CCCc1nc(Br)cc(NCCNC(=O)OC(C)(C)C)n1. The molecule has 0 aliphatic heterocycles. The standard InChI is InChI=1S/C14H23BrN4O2/c1-5-6-11-18-10(15)9-12(19-11)16-7-8-17-13(20)21-14(2,3)4/h9H,5-8H2,1-4H3,(H,17,20)(H,16,18,19). The van der Waals surface area contributed by atoms with Crippen molar-refractivity contribution < 1.29 is 9.53 Å². The fraction of sp³-hybridized carbons (Fsp3) is 0.643. The van der Waals surface area contributed by atoms with Gasteiger partial charge >= 0.3 is 6.09 Å². The molecule has 1 aromatic heterocycles. The number of rotatable bonds is 6. The Kier molecular flexibility index (Phi) is 6.87. The second-order valence-corrected chi connectivity index (χ2v) is 6.41. The fourth-order valence-corrected chi connectivity index (χ4v) is 1.98. The van der Waals surface area contributed by atoms with Crippen molar-refractivity contribution in [3.05, 3.63) is 16.5 Å². The highest BCUT2D eigenvalue weighted by Gasteiger charge is 2.15. The van der Waals surface area contributed by atoms with Gasteiger partial charge in [-0.15, -0.1) is 0 Å². The molecule has 6 nitrogen and oxygen atoms in total. The summed E-state index contributed by atoms with van der Waals surface area (Å²) in [5, 5.41) is 5.84. The van der Waals surface area contributed by atoms with Gasteiger partial charge in [0, 0.05) is 25.6 Å². The number of carbonyl (C=O) groups is 1. The molecule has 1 rings (SSSR count). The number of carbonyl (C=O) groups excluding carboxylic acids is 1. The number of alkyl carbamates (subject to hydrolysis) is 1. The van der Waals surface area contributed by atoms with E-state index in [1.807, 2.05) is 26.8 Å². The third-order valence-corrected chi connectivity index (χ3v) is 2.72. The topological polar surface area (TPSA) is 76.1 Å². The molecular formula is C14H23BrN4O2. The van der Waals surface area contributed by atoms with Crippen LogP contribution in [0.4, 0.5) is 10.6 Å². The third-order valence-electron chi connectivity index (χ3n) is 2.31. The van der Waals surface area contributed by atoms with Crippen LogP contribution in [0, 0.1) is 0 Å². The average Bonchev–Trinajstić information content (AvgIpc) is 2.32. The van der Waals surface area contributed by atoms with Gasteiger partial charge in [0.05, 0.1) is 0 Å². The molecule has 0 unspecified atom stereocenters. The van der Waals surface area contributed by atoms with E-state index in [9.17, 15) is 4.79 Å². The van der Waals surface area contributed by atoms with Gasteiger partial charge in [-0.3, -0.25) is 0 Å². The Hall–Kier alpha value is -1.37. The van der Waals surface area contributed by atoms with Gasteiger partial charge in [0.2, 0.25) is 0 Å². The summed E-state index contributed by atoms with van der Waals surface area (Å²) < 4.78 is 5.90. The number of anilines is 1. The van der Waals surface area contributed by atoms with E-state index < -0.39 is 11.7 Å². The summed E-state index contributed by atoms with van der Waals surface area (Å²) >= 11 is 3.37. The van der Waals surface area contributed by atoms with Crippen LogP contribution in [0.5, 0.6) is 0 Å². The molecule has 0 aliphatic rings. The van der Waals surface area contributed by atoms with Crippen molar-refractivity contribution in [3.8, 4) is 0 Å². The predicted octanol–water partition coefficient (Wildman–Crippen LogP) is 3.13. The lowest BCUT2D eigenvalue weighted by Gasteiger charge is -2.19. The molecule has 0 radical (unpaired) electrons. The average molecular weight is 359 g/mol. The van der Waals surface area contributed by atoms with Crippen molar-refractivity contribution in [2.75, 3.05) is 18.4 Å². The second kappa shape index (κ2) is 8.17. The van der Waals surface area contributed by atoms with Crippen LogP contribution in [0.25, 0.3) is 0 Å². The fourth-order valence-electron chi connectivity index (χ4n) is 1.56. The number of hydrogen-bond acceptors (Lipinski definition) is 5. The Bertz CT molecular complexity index is 475. The minimum absolute atomic E-state index is 0.417. The Morgan fingerprint density at radius 2 is 2.05 bits per heavy atom. The van der Waals surface area contributed by atoms with Crippen molar-refractivity contribution in [2.45, 2.75) is 46.1 Å². The molecule has 0 fully saturated rings. The number of aryl methyl sites for hydroxylation is 1. The maximum absolute atomic E-state index is 11.5. The third kappa shape index (κ3) is 7.84. The van der Waals surface area contributed by atoms with Gasteiger partial charge in [-0.1, -0.05) is 6.92 Å². The van der Waals surface area contributed by atoms with E-state index in [-0.39, 0.29) is 0 Å². The van der Waals surface area contributed by atoms with Gasteiger partial charge in [0.15, 0.2) is 0 Å². The summed E-state index contributed by atoms with van der Waals surface area (Å²) in [6, 6.07) is 1.81. The van der Waals surface area contributed by atoms with Gasteiger partial charge in [0.25, 0.3) is 0 Å². The zero-order chi connectivity index (χ0) is 15.9. The molecule has 1 aromatic rings. The van der Waals surface area contributed by atoms with Crippen LogP contribution in [0.1, 0.15) is 39.9 Å². The minimum Gasteiger partial charge on any atom is -0.444 e. The number of aromatic nitrogens is 2. The number of hydrogen-bond donors (Lipinski definition) is 2. The monoisotopic (exact) mass is 358 g/mol. The van der Waals surface area contributed by atoms with Crippen LogP contribution in [-0.4, -0.2) is 34.8 Å². The number of halogens is 1. The van der Waals surface area contributed by atoms with E-state index in [2.05, 4.69) is 43.5 Å². The summed E-state index contributed by atoms with van der Waals surface area (Å²) in [7, 11) is 0. The summed E-state index contributed by atoms with van der Waals surface area (Å²) in [6.45, 7) is 8.60.